The number of benzene rings is 2. The number of anilines is 1. The van der Waals surface area contributed by atoms with E-state index in [1.807, 2.05) is 6.92 Å². The second kappa shape index (κ2) is 10.2. The van der Waals surface area contributed by atoms with Crippen LogP contribution in [0.25, 0.3) is 0 Å². The summed E-state index contributed by atoms with van der Waals surface area (Å²) in [6.07, 6.45) is 3.86. The number of para-hydroxylation sites is 1. The van der Waals surface area contributed by atoms with Gasteiger partial charge in [-0.05, 0) is 75.1 Å². The molecule has 2 aromatic carbocycles. The predicted molar refractivity (Wildman–Crippen MR) is 136 cm³/mol. The molecular weight excluding hydrogens is 496 g/mol. The molecule has 1 aliphatic heterocycles. The van der Waals surface area contributed by atoms with Gasteiger partial charge in [-0.1, -0.05) is 18.6 Å². The van der Waals surface area contributed by atoms with Crippen molar-refractivity contribution in [1.29, 1.82) is 0 Å². The lowest BCUT2D eigenvalue weighted by atomic mass is 9.84. The van der Waals surface area contributed by atoms with Crippen molar-refractivity contribution in [2.45, 2.75) is 56.6 Å². The lowest BCUT2D eigenvalue weighted by Crippen LogP contribution is -2.45. The minimum Gasteiger partial charge on any atom is -0.486 e. The minimum absolute atomic E-state index is 0.00409. The first-order chi connectivity index (χ1) is 17.7. The molecule has 2 aromatic rings. The number of hydrogen-bond donors (Lipinski definition) is 2. The van der Waals surface area contributed by atoms with E-state index in [2.05, 4.69) is 10.0 Å². The maximum absolute atomic E-state index is 13.1. The number of fused-ring (bicyclic) bond motifs is 3. The second-order valence-electron chi connectivity index (χ2n) is 10.1. The third kappa shape index (κ3) is 5.39. The van der Waals surface area contributed by atoms with Crippen molar-refractivity contribution in [3.8, 4) is 11.5 Å². The largest absolute Gasteiger partial charge is 0.486 e. The molecule has 2 fully saturated rings. The Balaban J connectivity index is 1.24. The van der Waals surface area contributed by atoms with Gasteiger partial charge < -0.3 is 19.5 Å². The molecule has 0 saturated heterocycles. The lowest BCUT2D eigenvalue weighted by molar-refractivity contribution is -0.130. The molecule has 0 spiro atoms. The number of esters is 1. The van der Waals surface area contributed by atoms with Crippen LogP contribution in [0.2, 0.25) is 0 Å². The summed E-state index contributed by atoms with van der Waals surface area (Å²) in [6.45, 7) is 4.25. The third-order valence-electron chi connectivity index (χ3n) is 7.67. The monoisotopic (exact) mass is 528 g/mol. The fourth-order valence-electron chi connectivity index (χ4n) is 5.78. The first-order valence-corrected chi connectivity index (χ1v) is 14.2. The van der Waals surface area contributed by atoms with Crippen LogP contribution in [0.15, 0.2) is 47.4 Å². The Morgan fingerprint density at radius 3 is 2.49 bits per heavy atom. The quantitative estimate of drug-likeness (QED) is 0.501. The fraction of sp³-hybridized carbons (Fsp3) is 0.481. The lowest BCUT2D eigenvalue weighted by Gasteiger charge is -2.29. The molecule has 1 heterocycles. The molecule has 2 aliphatic carbocycles. The fourth-order valence-corrected chi connectivity index (χ4v) is 6.87. The van der Waals surface area contributed by atoms with Gasteiger partial charge in [-0.2, -0.15) is 0 Å². The summed E-state index contributed by atoms with van der Waals surface area (Å²) in [6, 6.07) is 10.4. The summed E-state index contributed by atoms with van der Waals surface area (Å²) >= 11 is 0. The summed E-state index contributed by atoms with van der Waals surface area (Å²) in [7, 11) is -4.05. The summed E-state index contributed by atoms with van der Waals surface area (Å²) in [5, 5.41) is 3.01. The van der Waals surface area contributed by atoms with E-state index in [9.17, 15) is 18.0 Å². The Labute approximate surface area is 216 Å². The van der Waals surface area contributed by atoms with Crippen molar-refractivity contribution >= 4 is 27.6 Å². The number of nitrogens with one attached hydrogen (secondary N) is 2. The van der Waals surface area contributed by atoms with E-state index < -0.39 is 22.1 Å². The molecule has 5 atom stereocenters. The molecule has 9 nitrogen and oxygen atoms in total. The maximum atomic E-state index is 13.1. The van der Waals surface area contributed by atoms with Crippen molar-refractivity contribution in [3.63, 3.8) is 0 Å². The molecule has 198 valence electrons. The topological polar surface area (TPSA) is 120 Å². The van der Waals surface area contributed by atoms with Crippen LogP contribution in [0.1, 0.15) is 49.9 Å². The van der Waals surface area contributed by atoms with Crippen LogP contribution in [-0.2, 0) is 19.6 Å². The summed E-state index contributed by atoms with van der Waals surface area (Å²) in [5.74, 6) is 1.53. The van der Waals surface area contributed by atoms with E-state index in [4.69, 9.17) is 14.2 Å². The SMILES string of the molecule is C[C@H](OC(=O)c1ccccc1NS(=O)(=O)c1ccc2c(c1)OCCO2)C(=O)N[C@@H](C)[C@@H]1C[C@H]2CC[C@H]1C2. The van der Waals surface area contributed by atoms with Crippen LogP contribution in [0.3, 0.4) is 0 Å². The molecule has 5 rings (SSSR count). The van der Waals surface area contributed by atoms with Gasteiger partial charge in [0.2, 0.25) is 0 Å². The average molecular weight is 529 g/mol. The molecule has 37 heavy (non-hydrogen) atoms. The molecular formula is C27H32N2O7S. The Hall–Kier alpha value is -3.27. The molecule has 0 aromatic heterocycles. The molecule has 2 saturated carbocycles. The number of ether oxygens (including phenoxy) is 3. The summed E-state index contributed by atoms with van der Waals surface area (Å²) in [5.41, 5.74) is 0.0507. The number of hydrogen-bond acceptors (Lipinski definition) is 7. The third-order valence-corrected chi connectivity index (χ3v) is 9.04. The van der Waals surface area contributed by atoms with E-state index in [-0.39, 0.29) is 28.1 Å². The van der Waals surface area contributed by atoms with Gasteiger partial charge in [-0.15, -0.1) is 0 Å². The van der Waals surface area contributed by atoms with Crippen molar-refractivity contribution in [1.82, 2.24) is 5.32 Å². The summed E-state index contributed by atoms with van der Waals surface area (Å²) < 4.78 is 45.0. The smallest absolute Gasteiger partial charge is 0.341 e. The number of sulfonamides is 1. The van der Waals surface area contributed by atoms with Crippen molar-refractivity contribution < 1.29 is 32.2 Å². The molecule has 0 radical (unpaired) electrons. The normalized spacial score (nSPS) is 23.7. The molecule has 3 aliphatic rings. The zero-order valence-electron chi connectivity index (χ0n) is 20.9. The van der Waals surface area contributed by atoms with Crippen LogP contribution >= 0.6 is 0 Å². The van der Waals surface area contributed by atoms with Gasteiger partial charge in [0.1, 0.15) is 13.2 Å². The molecule has 10 heteroatoms. The standard InChI is InChI=1S/C27H32N2O7S/c1-16(22-14-18-7-8-19(22)13-18)28-26(30)17(2)36-27(31)21-5-3-4-6-23(21)29-37(32,33)20-9-10-24-25(15-20)35-12-11-34-24/h3-6,9-10,15-19,22,29H,7-8,11-14H2,1-2H3,(H,28,30)/t16-,17-,18-,19-,22-/m0/s1. The van der Waals surface area contributed by atoms with E-state index in [1.54, 1.807) is 12.1 Å². The van der Waals surface area contributed by atoms with Gasteiger partial charge in [-0.3, -0.25) is 9.52 Å². The zero-order valence-corrected chi connectivity index (χ0v) is 21.8. The van der Waals surface area contributed by atoms with E-state index in [0.29, 0.717) is 36.5 Å². The summed E-state index contributed by atoms with van der Waals surface area (Å²) in [4.78, 5) is 25.7. The highest BCUT2D eigenvalue weighted by molar-refractivity contribution is 7.92. The predicted octanol–water partition coefficient (Wildman–Crippen LogP) is 3.74. The van der Waals surface area contributed by atoms with E-state index >= 15 is 0 Å². The number of rotatable bonds is 8. The van der Waals surface area contributed by atoms with Gasteiger partial charge in [0.25, 0.3) is 15.9 Å². The van der Waals surface area contributed by atoms with E-state index in [1.165, 1.54) is 56.5 Å². The Kier molecular flexibility index (Phi) is 7.02. The van der Waals surface area contributed by atoms with Crippen molar-refractivity contribution in [3.05, 3.63) is 48.0 Å². The van der Waals surface area contributed by atoms with Gasteiger partial charge in [-0.25, -0.2) is 13.2 Å². The van der Waals surface area contributed by atoms with Crippen molar-refractivity contribution in [2.75, 3.05) is 17.9 Å². The van der Waals surface area contributed by atoms with Crippen LogP contribution in [0.4, 0.5) is 5.69 Å². The average Bonchev–Trinajstić information content (AvgIpc) is 3.52. The number of amides is 1. The highest BCUT2D eigenvalue weighted by atomic mass is 32.2. The van der Waals surface area contributed by atoms with Crippen LogP contribution < -0.4 is 19.5 Å². The molecule has 2 bridgehead atoms. The Bertz CT molecular complexity index is 1300. The minimum atomic E-state index is -4.05. The van der Waals surface area contributed by atoms with Crippen LogP contribution in [0, 0.1) is 17.8 Å². The first kappa shape index (κ1) is 25.4. The maximum Gasteiger partial charge on any atom is 0.341 e. The highest BCUT2D eigenvalue weighted by Crippen LogP contribution is 2.49. The Morgan fingerprint density at radius 2 is 1.76 bits per heavy atom. The molecule has 1 amide bonds. The second-order valence-corrected chi connectivity index (χ2v) is 11.8. The highest BCUT2D eigenvalue weighted by Gasteiger charge is 2.42. The van der Waals surface area contributed by atoms with E-state index in [0.717, 1.165) is 12.3 Å². The zero-order chi connectivity index (χ0) is 26.2. The number of carbonyl (C=O) groups excluding carboxylic acids is 2. The van der Waals surface area contributed by atoms with Gasteiger partial charge in [0.15, 0.2) is 17.6 Å². The van der Waals surface area contributed by atoms with Crippen molar-refractivity contribution in [2.24, 2.45) is 17.8 Å². The molecule has 0 unspecified atom stereocenters. The van der Waals surface area contributed by atoms with Gasteiger partial charge >= 0.3 is 5.97 Å². The molecule has 2 N–H and O–H groups in total. The van der Waals surface area contributed by atoms with Gasteiger partial charge in [0, 0.05) is 12.1 Å². The van der Waals surface area contributed by atoms with Crippen LogP contribution in [-0.4, -0.2) is 45.7 Å². The Morgan fingerprint density at radius 1 is 1.00 bits per heavy atom. The van der Waals surface area contributed by atoms with Crippen LogP contribution in [0.5, 0.6) is 11.5 Å². The van der Waals surface area contributed by atoms with Gasteiger partial charge in [0.05, 0.1) is 16.1 Å². The number of carbonyl (C=O) groups is 2. The first-order valence-electron chi connectivity index (χ1n) is 12.7.